The SMILES string of the molecule is BrC1CCC2CNCC2C1. The van der Waals surface area contributed by atoms with E-state index in [9.17, 15) is 0 Å². The average molecular weight is 204 g/mol. The molecule has 0 bridgehead atoms. The molecular formula is C8H14BrN. The summed E-state index contributed by atoms with van der Waals surface area (Å²) in [6.07, 6.45) is 4.23. The van der Waals surface area contributed by atoms with Crippen LogP contribution in [-0.4, -0.2) is 17.9 Å². The third-order valence-corrected chi connectivity index (χ3v) is 3.72. The van der Waals surface area contributed by atoms with Crippen molar-refractivity contribution in [2.75, 3.05) is 13.1 Å². The molecule has 0 spiro atoms. The fourth-order valence-electron chi connectivity index (χ4n) is 2.24. The van der Waals surface area contributed by atoms with Crippen LogP contribution in [0.3, 0.4) is 0 Å². The van der Waals surface area contributed by atoms with Gasteiger partial charge in [0.2, 0.25) is 0 Å². The first-order valence-electron chi connectivity index (χ1n) is 4.21. The van der Waals surface area contributed by atoms with E-state index in [0.29, 0.717) is 0 Å². The number of halogens is 1. The number of hydrogen-bond acceptors (Lipinski definition) is 1. The Labute approximate surface area is 70.7 Å². The predicted molar refractivity (Wildman–Crippen MR) is 46.4 cm³/mol. The second-order valence-corrected chi connectivity index (χ2v) is 4.88. The van der Waals surface area contributed by atoms with Gasteiger partial charge in [0.1, 0.15) is 0 Å². The Morgan fingerprint density at radius 3 is 2.80 bits per heavy atom. The first-order valence-corrected chi connectivity index (χ1v) is 5.12. The largest absolute Gasteiger partial charge is 0.316 e. The lowest BCUT2D eigenvalue weighted by atomic mass is 9.82. The molecule has 3 unspecified atom stereocenters. The van der Waals surface area contributed by atoms with Crippen molar-refractivity contribution in [1.82, 2.24) is 5.32 Å². The van der Waals surface area contributed by atoms with Crippen LogP contribution >= 0.6 is 15.9 Å². The van der Waals surface area contributed by atoms with Gasteiger partial charge in [-0.15, -0.1) is 0 Å². The van der Waals surface area contributed by atoms with Gasteiger partial charge in [-0.05, 0) is 44.2 Å². The highest BCUT2D eigenvalue weighted by Gasteiger charge is 2.32. The standard InChI is InChI=1S/C8H14BrN/c9-8-2-1-6-4-10-5-7(6)3-8/h6-8,10H,1-5H2. The average Bonchev–Trinajstić information content (AvgIpc) is 2.33. The molecular weight excluding hydrogens is 190 g/mol. The molecule has 0 amide bonds. The van der Waals surface area contributed by atoms with Gasteiger partial charge >= 0.3 is 0 Å². The molecule has 1 heterocycles. The summed E-state index contributed by atoms with van der Waals surface area (Å²) in [4.78, 5) is 0.814. The van der Waals surface area contributed by atoms with E-state index in [-0.39, 0.29) is 0 Å². The lowest BCUT2D eigenvalue weighted by Gasteiger charge is -2.27. The van der Waals surface area contributed by atoms with Crippen molar-refractivity contribution in [3.8, 4) is 0 Å². The summed E-state index contributed by atoms with van der Waals surface area (Å²) in [6.45, 7) is 2.55. The van der Waals surface area contributed by atoms with Crippen LogP contribution in [-0.2, 0) is 0 Å². The maximum absolute atomic E-state index is 3.70. The van der Waals surface area contributed by atoms with Crippen LogP contribution in [0.15, 0.2) is 0 Å². The van der Waals surface area contributed by atoms with Crippen LogP contribution in [0.5, 0.6) is 0 Å². The molecule has 0 aromatic heterocycles. The van der Waals surface area contributed by atoms with E-state index in [4.69, 9.17) is 0 Å². The van der Waals surface area contributed by atoms with E-state index in [1.807, 2.05) is 0 Å². The van der Waals surface area contributed by atoms with Crippen LogP contribution in [0.2, 0.25) is 0 Å². The van der Waals surface area contributed by atoms with Crippen molar-refractivity contribution in [2.24, 2.45) is 11.8 Å². The van der Waals surface area contributed by atoms with Gasteiger partial charge in [-0.3, -0.25) is 0 Å². The van der Waals surface area contributed by atoms with Gasteiger partial charge in [0, 0.05) is 4.83 Å². The normalized spacial score (nSPS) is 47.1. The van der Waals surface area contributed by atoms with E-state index in [1.165, 1.54) is 32.4 Å². The van der Waals surface area contributed by atoms with Gasteiger partial charge in [0.15, 0.2) is 0 Å². The Bertz CT molecular complexity index is 126. The topological polar surface area (TPSA) is 12.0 Å². The van der Waals surface area contributed by atoms with Gasteiger partial charge in [-0.25, -0.2) is 0 Å². The van der Waals surface area contributed by atoms with E-state index >= 15 is 0 Å². The van der Waals surface area contributed by atoms with Crippen molar-refractivity contribution < 1.29 is 0 Å². The molecule has 1 N–H and O–H groups in total. The second-order valence-electron chi connectivity index (χ2n) is 3.59. The van der Waals surface area contributed by atoms with Crippen molar-refractivity contribution in [3.63, 3.8) is 0 Å². The van der Waals surface area contributed by atoms with Crippen LogP contribution in [0.4, 0.5) is 0 Å². The van der Waals surface area contributed by atoms with Crippen LogP contribution in [0, 0.1) is 11.8 Å². The minimum atomic E-state index is 0.814. The molecule has 2 aliphatic rings. The Hall–Kier alpha value is 0.440. The van der Waals surface area contributed by atoms with Crippen molar-refractivity contribution in [2.45, 2.75) is 24.1 Å². The molecule has 10 heavy (non-hydrogen) atoms. The van der Waals surface area contributed by atoms with Crippen LogP contribution in [0.25, 0.3) is 0 Å². The Morgan fingerprint density at radius 2 is 1.90 bits per heavy atom. The molecule has 1 saturated heterocycles. The summed E-state index contributed by atoms with van der Waals surface area (Å²) >= 11 is 3.70. The molecule has 0 radical (unpaired) electrons. The lowest BCUT2D eigenvalue weighted by Crippen LogP contribution is -2.23. The van der Waals surface area contributed by atoms with Gasteiger partial charge in [-0.1, -0.05) is 15.9 Å². The van der Waals surface area contributed by atoms with E-state index in [1.54, 1.807) is 0 Å². The number of alkyl halides is 1. The summed E-state index contributed by atoms with van der Waals surface area (Å²) in [5.41, 5.74) is 0. The van der Waals surface area contributed by atoms with Gasteiger partial charge < -0.3 is 5.32 Å². The predicted octanol–water partition coefficient (Wildman–Crippen LogP) is 1.77. The molecule has 0 aromatic carbocycles. The fourth-order valence-corrected chi connectivity index (χ4v) is 2.99. The summed E-state index contributed by atoms with van der Waals surface area (Å²) < 4.78 is 0. The molecule has 1 saturated carbocycles. The van der Waals surface area contributed by atoms with Crippen molar-refractivity contribution >= 4 is 15.9 Å². The summed E-state index contributed by atoms with van der Waals surface area (Å²) in [6, 6.07) is 0. The minimum absolute atomic E-state index is 0.814. The highest BCUT2D eigenvalue weighted by molar-refractivity contribution is 9.09. The first kappa shape index (κ1) is 7.11. The van der Waals surface area contributed by atoms with E-state index in [0.717, 1.165) is 16.7 Å². The molecule has 2 fully saturated rings. The number of hydrogen-bond donors (Lipinski definition) is 1. The zero-order valence-corrected chi connectivity index (χ0v) is 7.73. The van der Waals surface area contributed by atoms with Crippen molar-refractivity contribution in [1.29, 1.82) is 0 Å². The molecule has 1 nitrogen and oxygen atoms in total. The summed E-state index contributed by atoms with van der Waals surface area (Å²) in [5.74, 6) is 1.99. The zero-order valence-electron chi connectivity index (χ0n) is 6.15. The maximum Gasteiger partial charge on any atom is 0.0149 e. The summed E-state index contributed by atoms with van der Waals surface area (Å²) in [7, 11) is 0. The Balaban J connectivity index is 1.96. The quantitative estimate of drug-likeness (QED) is 0.593. The molecule has 58 valence electrons. The molecule has 1 aliphatic carbocycles. The third kappa shape index (κ3) is 1.24. The first-order chi connectivity index (χ1) is 4.86. The Morgan fingerprint density at radius 1 is 1.10 bits per heavy atom. The zero-order chi connectivity index (χ0) is 6.97. The maximum atomic E-state index is 3.70. The van der Waals surface area contributed by atoms with Crippen LogP contribution in [0.1, 0.15) is 19.3 Å². The monoisotopic (exact) mass is 203 g/mol. The number of fused-ring (bicyclic) bond motifs is 1. The fraction of sp³-hybridized carbons (Fsp3) is 1.00. The highest BCUT2D eigenvalue weighted by atomic mass is 79.9. The molecule has 3 atom stereocenters. The van der Waals surface area contributed by atoms with Crippen LogP contribution < -0.4 is 5.32 Å². The van der Waals surface area contributed by atoms with E-state index < -0.39 is 0 Å². The van der Waals surface area contributed by atoms with Gasteiger partial charge in [0.25, 0.3) is 0 Å². The minimum Gasteiger partial charge on any atom is -0.316 e. The second kappa shape index (κ2) is 2.82. The number of rotatable bonds is 0. The third-order valence-electron chi connectivity index (χ3n) is 2.89. The summed E-state index contributed by atoms with van der Waals surface area (Å²) in [5, 5.41) is 3.46. The van der Waals surface area contributed by atoms with Gasteiger partial charge in [0.05, 0.1) is 0 Å². The molecule has 2 heteroatoms. The number of nitrogens with one attached hydrogen (secondary N) is 1. The van der Waals surface area contributed by atoms with Gasteiger partial charge in [-0.2, -0.15) is 0 Å². The lowest BCUT2D eigenvalue weighted by molar-refractivity contribution is 0.309. The van der Waals surface area contributed by atoms with E-state index in [2.05, 4.69) is 21.2 Å². The highest BCUT2D eigenvalue weighted by Crippen LogP contribution is 2.35. The van der Waals surface area contributed by atoms with Crippen molar-refractivity contribution in [3.05, 3.63) is 0 Å². The Kier molecular flexibility index (Phi) is 2.01. The smallest absolute Gasteiger partial charge is 0.0149 e. The molecule has 2 rings (SSSR count). The molecule has 1 aliphatic heterocycles. The molecule has 0 aromatic rings.